The highest BCUT2D eigenvalue weighted by Gasteiger charge is 2.19. The molecule has 0 spiro atoms. The van der Waals surface area contributed by atoms with Crippen molar-refractivity contribution in [2.75, 3.05) is 14.2 Å². The minimum Gasteiger partial charge on any atom is -0.493 e. The zero-order valence-electron chi connectivity index (χ0n) is 17.6. The summed E-state index contributed by atoms with van der Waals surface area (Å²) in [6.07, 6.45) is 3.06. The predicted octanol–water partition coefficient (Wildman–Crippen LogP) is 4.82. The standard InChI is InChI=1S/C25H23N3O3/c1-28-14-19(17-12-22(30-2)23(31-3)13-21(17)28)20-11-18-16(9-10-26-25(18)27-20)24(29)15-7-5-4-6-8-15/h4-14,24,29H,1-3H3,(H,26,27). The Kier molecular flexibility index (Phi) is 4.64. The Balaban J connectivity index is 1.68. The van der Waals surface area contributed by atoms with Crippen molar-refractivity contribution < 1.29 is 14.6 Å². The van der Waals surface area contributed by atoms with E-state index in [9.17, 15) is 5.11 Å². The molecule has 0 radical (unpaired) electrons. The molecule has 0 amide bonds. The van der Waals surface area contributed by atoms with Crippen LogP contribution in [0.3, 0.4) is 0 Å². The second kappa shape index (κ2) is 7.49. The van der Waals surface area contributed by atoms with Gasteiger partial charge in [-0.3, -0.25) is 0 Å². The first-order valence-corrected chi connectivity index (χ1v) is 10.0. The second-order valence-electron chi connectivity index (χ2n) is 7.54. The molecule has 0 aliphatic carbocycles. The van der Waals surface area contributed by atoms with Gasteiger partial charge in [-0.1, -0.05) is 30.3 Å². The van der Waals surface area contributed by atoms with Gasteiger partial charge in [-0.05, 0) is 29.3 Å². The van der Waals surface area contributed by atoms with Gasteiger partial charge in [-0.2, -0.15) is 0 Å². The monoisotopic (exact) mass is 413 g/mol. The van der Waals surface area contributed by atoms with Crippen LogP contribution in [0, 0.1) is 0 Å². The highest BCUT2D eigenvalue weighted by atomic mass is 16.5. The lowest BCUT2D eigenvalue weighted by molar-refractivity contribution is 0.222. The largest absolute Gasteiger partial charge is 0.493 e. The van der Waals surface area contributed by atoms with E-state index < -0.39 is 6.10 Å². The number of pyridine rings is 1. The van der Waals surface area contributed by atoms with Crippen molar-refractivity contribution in [3.63, 3.8) is 0 Å². The number of aromatic nitrogens is 3. The zero-order chi connectivity index (χ0) is 21.5. The summed E-state index contributed by atoms with van der Waals surface area (Å²) in [7, 11) is 5.27. The molecule has 0 fully saturated rings. The van der Waals surface area contributed by atoms with Crippen molar-refractivity contribution in [3.05, 3.63) is 78.1 Å². The number of hydrogen-bond donors (Lipinski definition) is 2. The Labute approximate surface area is 179 Å². The van der Waals surface area contributed by atoms with Crippen molar-refractivity contribution in [1.82, 2.24) is 14.5 Å². The maximum absolute atomic E-state index is 11.0. The molecule has 2 aromatic carbocycles. The molecule has 2 N–H and O–H groups in total. The molecule has 0 aliphatic rings. The Morgan fingerprint density at radius 3 is 2.45 bits per heavy atom. The molecule has 6 nitrogen and oxygen atoms in total. The first kappa shape index (κ1) is 19.2. The van der Waals surface area contributed by atoms with Crippen LogP contribution < -0.4 is 9.47 Å². The van der Waals surface area contributed by atoms with Crippen molar-refractivity contribution in [3.8, 4) is 22.8 Å². The van der Waals surface area contributed by atoms with E-state index >= 15 is 0 Å². The summed E-state index contributed by atoms with van der Waals surface area (Å²) in [4.78, 5) is 7.92. The molecule has 0 bridgehead atoms. The van der Waals surface area contributed by atoms with E-state index in [1.807, 2.05) is 55.6 Å². The molecular formula is C25H23N3O3. The van der Waals surface area contributed by atoms with Gasteiger partial charge in [-0.25, -0.2) is 4.98 Å². The van der Waals surface area contributed by atoms with Crippen molar-refractivity contribution >= 4 is 21.9 Å². The Hall–Kier alpha value is -3.77. The molecule has 156 valence electrons. The third kappa shape index (κ3) is 3.12. The van der Waals surface area contributed by atoms with E-state index in [1.165, 1.54) is 0 Å². The first-order valence-electron chi connectivity index (χ1n) is 10.0. The topological polar surface area (TPSA) is 72.3 Å². The predicted molar refractivity (Wildman–Crippen MR) is 122 cm³/mol. The molecule has 3 aromatic heterocycles. The zero-order valence-corrected chi connectivity index (χ0v) is 17.6. The number of ether oxygens (including phenoxy) is 2. The number of rotatable bonds is 5. The third-order valence-electron chi connectivity index (χ3n) is 5.76. The minimum absolute atomic E-state index is 0.678. The highest BCUT2D eigenvalue weighted by molar-refractivity contribution is 5.99. The number of benzene rings is 2. The van der Waals surface area contributed by atoms with Crippen LogP contribution in [0.2, 0.25) is 0 Å². The van der Waals surface area contributed by atoms with Crippen LogP contribution in [0.25, 0.3) is 33.2 Å². The average Bonchev–Trinajstić information content (AvgIpc) is 3.38. The van der Waals surface area contributed by atoms with Gasteiger partial charge in [0.25, 0.3) is 0 Å². The van der Waals surface area contributed by atoms with E-state index in [0.717, 1.165) is 44.3 Å². The maximum atomic E-state index is 11.0. The Bertz CT molecular complexity index is 1390. The molecular weight excluding hydrogens is 390 g/mol. The van der Waals surface area contributed by atoms with Crippen LogP contribution in [0.1, 0.15) is 17.2 Å². The lowest BCUT2D eigenvalue weighted by Crippen LogP contribution is -2.00. The number of hydrogen-bond acceptors (Lipinski definition) is 4. The molecule has 1 unspecified atom stereocenters. The van der Waals surface area contributed by atoms with E-state index in [0.29, 0.717) is 11.5 Å². The Morgan fingerprint density at radius 2 is 1.71 bits per heavy atom. The summed E-state index contributed by atoms with van der Waals surface area (Å²) >= 11 is 0. The Morgan fingerprint density at radius 1 is 0.968 bits per heavy atom. The third-order valence-corrected chi connectivity index (χ3v) is 5.76. The number of aromatic amines is 1. The summed E-state index contributed by atoms with van der Waals surface area (Å²) in [5, 5.41) is 12.9. The van der Waals surface area contributed by atoms with Crippen LogP contribution in [0.15, 0.2) is 67.0 Å². The fraction of sp³-hybridized carbons (Fsp3) is 0.160. The van der Waals surface area contributed by atoms with Crippen LogP contribution in [0.4, 0.5) is 0 Å². The van der Waals surface area contributed by atoms with Gasteiger partial charge >= 0.3 is 0 Å². The van der Waals surface area contributed by atoms with Crippen LogP contribution in [0.5, 0.6) is 11.5 Å². The lowest BCUT2D eigenvalue weighted by Gasteiger charge is -2.12. The van der Waals surface area contributed by atoms with Crippen LogP contribution in [-0.2, 0) is 7.05 Å². The van der Waals surface area contributed by atoms with Gasteiger partial charge in [-0.15, -0.1) is 0 Å². The summed E-state index contributed by atoms with van der Waals surface area (Å²) < 4.78 is 13.0. The lowest BCUT2D eigenvalue weighted by atomic mass is 10.00. The summed E-state index contributed by atoms with van der Waals surface area (Å²) in [6.45, 7) is 0. The van der Waals surface area contributed by atoms with Crippen molar-refractivity contribution in [1.29, 1.82) is 0 Å². The molecule has 31 heavy (non-hydrogen) atoms. The second-order valence-corrected chi connectivity index (χ2v) is 7.54. The van der Waals surface area contributed by atoms with E-state index in [1.54, 1.807) is 20.4 Å². The smallest absolute Gasteiger partial charge is 0.162 e. The maximum Gasteiger partial charge on any atom is 0.162 e. The molecule has 0 aliphatic heterocycles. The number of nitrogens with zero attached hydrogens (tertiary/aromatic N) is 2. The van der Waals surface area contributed by atoms with Gasteiger partial charge in [0.15, 0.2) is 11.5 Å². The van der Waals surface area contributed by atoms with E-state index in [4.69, 9.17) is 9.47 Å². The van der Waals surface area contributed by atoms with Crippen molar-refractivity contribution in [2.24, 2.45) is 7.05 Å². The van der Waals surface area contributed by atoms with E-state index in [-0.39, 0.29) is 0 Å². The number of aliphatic hydroxyl groups is 1. The van der Waals surface area contributed by atoms with Crippen molar-refractivity contribution in [2.45, 2.75) is 6.10 Å². The molecule has 0 saturated carbocycles. The van der Waals surface area contributed by atoms with Gasteiger partial charge in [0, 0.05) is 47.5 Å². The van der Waals surface area contributed by atoms with Gasteiger partial charge < -0.3 is 24.1 Å². The number of methoxy groups -OCH3 is 2. The normalized spacial score (nSPS) is 12.4. The average molecular weight is 413 g/mol. The number of aryl methyl sites for hydroxylation is 1. The van der Waals surface area contributed by atoms with Crippen LogP contribution in [-0.4, -0.2) is 33.9 Å². The number of fused-ring (bicyclic) bond motifs is 2. The number of aliphatic hydroxyl groups excluding tert-OH is 1. The van der Waals surface area contributed by atoms with Gasteiger partial charge in [0.1, 0.15) is 11.8 Å². The SMILES string of the molecule is COc1cc2c(-c3cc4c(C(O)c5ccccc5)ccnc4[nH]3)cn(C)c2cc1OC. The molecule has 1 atom stereocenters. The summed E-state index contributed by atoms with van der Waals surface area (Å²) in [5.41, 5.74) is 5.38. The minimum atomic E-state index is -0.729. The van der Waals surface area contributed by atoms with Gasteiger partial charge in [0.05, 0.1) is 19.7 Å². The fourth-order valence-corrected chi connectivity index (χ4v) is 4.17. The quantitative estimate of drug-likeness (QED) is 0.433. The summed E-state index contributed by atoms with van der Waals surface area (Å²) in [6, 6.07) is 17.5. The fourth-order valence-electron chi connectivity index (χ4n) is 4.17. The number of H-pyrrole nitrogens is 1. The molecule has 3 heterocycles. The highest BCUT2D eigenvalue weighted by Crippen LogP contribution is 2.39. The molecule has 0 saturated heterocycles. The first-order chi connectivity index (χ1) is 15.1. The van der Waals surface area contributed by atoms with E-state index in [2.05, 4.69) is 26.8 Å². The molecule has 5 rings (SSSR count). The number of nitrogens with one attached hydrogen (secondary N) is 1. The molecule has 5 aromatic rings. The van der Waals surface area contributed by atoms with Crippen LogP contribution >= 0.6 is 0 Å². The summed E-state index contributed by atoms with van der Waals surface area (Å²) in [5.74, 6) is 1.37. The van der Waals surface area contributed by atoms with Gasteiger partial charge in [0.2, 0.25) is 0 Å². The molecule has 6 heteroatoms.